The molecule has 2 aromatic carbocycles. The van der Waals surface area contributed by atoms with Gasteiger partial charge in [-0.1, -0.05) is 36.4 Å². The first-order valence-corrected chi connectivity index (χ1v) is 8.72. The van der Waals surface area contributed by atoms with Crippen molar-refractivity contribution in [3.63, 3.8) is 0 Å². The zero-order valence-corrected chi connectivity index (χ0v) is 15.0. The molecule has 132 valence electrons. The van der Waals surface area contributed by atoms with Crippen molar-refractivity contribution >= 4 is 24.5 Å². The summed E-state index contributed by atoms with van der Waals surface area (Å²) < 4.78 is 3.08. The average Bonchev–Trinajstić information content (AvgIpc) is 3.20. The van der Waals surface area contributed by atoms with Gasteiger partial charge in [0.1, 0.15) is 5.56 Å². The van der Waals surface area contributed by atoms with Crippen LogP contribution in [0.2, 0.25) is 0 Å². The van der Waals surface area contributed by atoms with Crippen molar-refractivity contribution in [1.82, 2.24) is 9.13 Å². The number of hydrogen-bond donors (Lipinski definition) is 1. The van der Waals surface area contributed by atoms with Crippen molar-refractivity contribution in [2.75, 3.05) is 0 Å². The van der Waals surface area contributed by atoms with Crippen molar-refractivity contribution in [3.8, 4) is 17.3 Å². The topological polar surface area (TPSA) is 59.5 Å². The molecule has 1 aliphatic rings. The molecular formula is C21H15N3O2S. The average molecular weight is 373 g/mol. The zero-order chi connectivity index (χ0) is 18.8. The number of aliphatic imine (C=N–C) groups is 1. The summed E-state index contributed by atoms with van der Waals surface area (Å²) >= 11 is 5.57. The van der Waals surface area contributed by atoms with Crippen LogP contribution in [0.5, 0.6) is 5.88 Å². The van der Waals surface area contributed by atoms with E-state index in [-0.39, 0.29) is 16.2 Å². The zero-order valence-electron chi connectivity index (χ0n) is 14.2. The van der Waals surface area contributed by atoms with E-state index in [9.17, 15) is 9.90 Å². The predicted molar refractivity (Wildman–Crippen MR) is 109 cm³/mol. The van der Waals surface area contributed by atoms with E-state index in [0.717, 1.165) is 0 Å². The number of aromatic nitrogens is 2. The minimum Gasteiger partial charge on any atom is -0.494 e. The molecule has 6 heteroatoms. The second kappa shape index (κ2) is 7.01. The summed E-state index contributed by atoms with van der Waals surface area (Å²) in [4.78, 5) is 17.4. The van der Waals surface area contributed by atoms with Gasteiger partial charge in [-0.25, -0.2) is 0 Å². The minimum atomic E-state index is -0.404. The Bertz CT molecular complexity index is 1190. The Hall–Kier alpha value is -3.51. The number of aromatic hydroxyl groups is 1. The molecule has 0 radical (unpaired) electrons. The lowest BCUT2D eigenvalue weighted by atomic mass is 10.2. The summed E-state index contributed by atoms with van der Waals surface area (Å²) in [5.41, 5.74) is 1.59. The highest BCUT2D eigenvalue weighted by molar-refractivity contribution is 7.71. The number of nitrogens with zero attached hydrogens (tertiary/aromatic N) is 3. The van der Waals surface area contributed by atoms with Crippen molar-refractivity contribution in [2.24, 2.45) is 4.99 Å². The lowest BCUT2D eigenvalue weighted by Gasteiger charge is -2.16. The normalized spacial score (nSPS) is 14.1. The molecule has 2 heterocycles. The van der Waals surface area contributed by atoms with Gasteiger partial charge in [0.15, 0.2) is 4.77 Å². The van der Waals surface area contributed by atoms with Gasteiger partial charge in [-0.15, -0.1) is 0 Å². The van der Waals surface area contributed by atoms with Crippen LogP contribution in [0.3, 0.4) is 0 Å². The molecule has 27 heavy (non-hydrogen) atoms. The molecule has 0 aliphatic carbocycles. The molecule has 1 N–H and O–H groups in total. The lowest BCUT2D eigenvalue weighted by Crippen LogP contribution is -2.25. The Kier molecular flexibility index (Phi) is 4.40. The van der Waals surface area contributed by atoms with Gasteiger partial charge in [0.2, 0.25) is 5.88 Å². The van der Waals surface area contributed by atoms with E-state index >= 15 is 0 Å². The molecule has 0 saturated heterocycles. The SMILES string of the molecule is O=c1c(/C=C2\C=CC=N2)c(O)n(-c2ccccc2)c(=S)n1-c1ccccc1. The van der Waals surface area contributed by atoms with Crippen molar-refractivity contribution < 1.29 is 5.11 Å². The monoisotopic (exact) mass is 373 g/mol. The second-order valence-corrected chi connectivity index (χ2v) is 6.24. The van der Waals surface area contributed by atoms with E-state index in [1.165, 1.54) is 9.13 Å². The second-order valence-electron chi connectivity index (χ2n) is 5.87. The Morgan fingerprint density at radius 3 is 2.07 bits per heavy atom. The Balaban J connectivity index is 2.10. The van der Waals surface area contributed by atoms with E-state index in [0.29, 0.717) is 17.1 Å². The van der Waals surface area contributed by atoms with Crippen LogP contribution >= 0.6 is 12.2 Å². The highest BCUT2D eigenvalue weighted by Gasteiger charge is 2.18. The third kappa shape index (κ3) is 3.07. The number of rotatable bonds is 3. The Morgan fingerprint density at radius 1 is 0.926 bits per heavy atom. The maximum Gasteiger partial charge on any atom is 0.270 e. The summed E-state index contributed by atoms with van der Waals surface area (Å²) in [6.45, 7) is 0. The first kappa shape index (κ1) is 16.9. The first-order chi connectivity index (χ1) is 13.2. The lowest BCUT2D eigenvalue weighted by molar-refractivity contribution is 0.429. The number of para-hydroxylation sites is 2. The van der Waals surface area contributed by atoms with Crippen molar-refractivity contribution in [1.29, 1.82) is 0 Å². The molecule has 3 aromatic rings. The molecule has 0 spiro atoms. The van der Waals surface area contributed by atoms with Crippen LogP contribution in [0.1, 0.15) is 5.56 Å². The van der Waals surface area contributed by atoms with E-state index in [4.69, 9.17) is 12.2 Å². The molecule has 0 amide bonds. The van der Waals surface area contributed by atoms with Gasteiger partial charge in [-0.3, -0.25) is 18.9 Å². The Labute approximate surface area is 160 Å². The van der Waals surface area contributed by atoms with E-state index in [1.807, 2.05) is 48.5 Å². The van der Waals surface area contributed by atoms with Crippen LogP contribution in [0.4, 0.5) is 0 Å². The van der Waals surface area contributed by atoms with Crippen molar-refractivity contribution in [2.45, 2.75) is 0 Å². The maximum absolute atomic E-state index is 13.2. The highest BCUT2D eigenvalue weighted by atomic mass is 32.1. The number of hydrogen-bond acceptors (Lipinski definition) is 4. The summed E-state index contributed by atoms with van der Waals surface area (Å²) in [6.07, 6.45) is 6.72. The van der Waals surface area contributed by atoms with Crippen LogP contribution in [0, 0.1) is 4.77 Å². The van der Waals surface area contributed by atoms with Gasteiger partial charge in [0, 0.05) is 6.21 Å². The van der Waals surface area contributed by atoms with E-state index < -0.39 is 5.56 Å². The van der Waals surface area contributed by atoms with Crippen LogP contribution in [0.15, 0.2) is 88.3 Å². The molecular weight excluding hydrogens is 358 g/mol. The fraction of sp³-hybridized carbons (Fsp3) is 0. The van der Waals surface area contributed by atoms with Gasteiger partial charge in [0.05, 0.1) is 17.1 Å². The summed E-state index contributed by atoms with van der Waals surface area (Å²) in [5, 5.41) is 10.9. The molecule has 0 atom stereocenters. The van der Waals surface area contributed by atoms with Gasteiger partial charge in [0.25, 0.3) is 5.56 Å². The van der Waals surface area contributed by atoms with Gasteiger partial charge >= 0.3 is 0 Å². The molecule has 0 bridgehead atoms. The standard InChI is InChI=1S/C21H15N3O2S/c25-19-18(14-15-8-7-13-22-15)20(26)24(17-11-5-2-6-12-17)21(27)23(19)16-9-3-1-4-10-16/h1-14,25H/b15-14+. The highest BCUT2D eigenvalue weighted by Crippen LogP contribution is 2.24. The van der Waals surface area contributed by atoms with Crippen LogP contribution < -0.4 is 5.56 Å². The number of benzene rings is 2. The summed E-state index contributed by atoms with van der Waals surface area (Å²) in [7, 11) is 0. The summed E-state index contributed by atoms with van der Waals surface area (Å²) in [5.74, 6) is -0.216. The maximum atomic E-state index is 13.2. The predicted octanol–water partition coefficient (Wildman–Crippen LogP) is 4.04. The molecule has 1 aliphatic heterocycles. The molecule has 0 unspecified atom stereocenters. The largest absolute Gasteiger partial charge is 0.494 e. The fourth-order valence-electron chi connectivity index (χ4n) is 2.90. The molecule has 5 nitrogen and oxygen atoms in total. The van der Waals surface area contributed by atoms with Gasteiger partial charge in [-0.2, -0.15) is 0 Å². The van der Waals surface area contributed by atoms with Crippen LogP contribution in [0.25, 0.3) is 17.5 Å². The van der Waals surface area contributed by atoms with Crippen LogP contribution in [-0.4, -0.2) is 20.5 Å². The smallest absolute Gasteiger partial charge is 0.270 e. The quantitative estimate of drug-likeness (QED) is 0.705. The van der Waals surface area contributed by atoms with Crippen molar-refractivity contribution in [3.05, 3.63) is 99.2 Å². The van der Waals surface area contributed by atoms with Gasteiger partial charge in [-0.05, 0) is 54.7 Å². The molecule has 1 aromatic heterocycles. The van der Waals surface area contributed by atoms with E-state index in [1.54, 1.807) is 36.6 Å². The fourth-order valence-corrected chi connectivity index (χ4v) is 3.28. The van der Waals surface area contributed by atoms with E-state index in [2.05, 4.69) is 4.99 Å². The third-order valence-corrected chi connectivity index (χ3v) is 4.53. The molecule has 0 saturated carbocycles. The Morgan fingerprint density at radius 2 is 1.52 bits per heavy atom. The first-order valence-electron chi connectivity index (χ1n) is 8.31. The molecule has 4 rings (SSSR count). The molecule has 0 fully saturated rings. The van der Waals surface area contributed by atoms with Gasteiger partial charge < -0.3 is 5.11 Å². The minimum absolute atomic E-state index is 0.120. The summed E-state index contributed by atoms with van der Waals surface area (Å²) in [6, 6.07) is 18.3. The third-order valence-electron chi connectivity index (χ3n) is 4.17. The number of allylic oxidation sites excluding steroid dienone is 2. The van der Waals surface area contributed by atoms with Crippen LogP contribution in [-0.2, 0) is 0 Å².